The van der Waals surface area contributed by atoms with Crippen LogP contribution in [0.25, 0.3) is 0 Å². The first-order valence-electron chi connectivity index (χ1n) is 8.91. The van der Waals surface area contributed by atoms with Gasteiger partial charge in [0.25, 0.3) is 5.91 Å². The second-order valence-corrected chi connectivity index (χ2v) is 7.69. The number of hydrogen-bond acceptors (Lipinski definition) is 3. The number of carbonyl (C=O) groups excluding carboxylic acids is 2. The minimum atomic E-state index is -0.591. The summed E-state index contributed by atoms with van der Waals surface area (Å²) >= 11 is 0. The average Bonchev–Trinajstić information content (AvgIpc) is 3.25. The molecule has 0 unspecified atom stereocenters. The molecule has 4 aliphatic rings. The summed E-state index contributed by atoms with van der Waals surface area (Å²) in [6.45, 7) is 3.34. The van der Waals surface area contributed by atoms with Gasteiger partial charge in [-0.3, -0.25) is 9.79 Å². The second kappa shape index (κ2) is 5.21. The molecule has 0 radical (unpaired) electrons. The number of likely N-dealkylation sites (tertiary alicyclic amines) is 1. The first kappa shape index (κ1) is 15.0. The van der Waals surface area contributed by atoms with Crippen molar-refractivity contribution in [2.45, 2.75) is 57.0 Å². The van der Waals surface area contributed by atoms with E-state index in [1.807, 2.05) is 18.9 Å². The molecule has 0 bridgehead atoms. The summed E-state index contributed by atoms with van der Waals surface area (Å²) < 4.78 is 0. The van der Waals surface area contributed by atoms with Crippen molar-refractivity contribution >= 4 is 17.8 Å². The predicted octanol–water partition coefficient (Wildman–Crippen LogP) is 1.61. The lowest BCUT2D eigenvalue weighted by molar-refractivity contribution is -0.131. The maximum atomic E-state index is 12.7. The molecule has 0 aromatic heterocycles. The Hall–Kier alpha value is -1.59. The predicted molar refractivity (Wildman–Crippen MR) is 87.2 cm³/mol. The molecule has 2 saturated carbocycles. The molecular formula is C17H26N4O2. The average molecular weight is 318 g/mol. The molecule has 0 aromatic carbocycles. The highest BCUT2D eigenvalue weighted by molar-refractivity contribution is 6.07. The van der Waals surface area contributed by atoms with E-state index in [0.29, 0.717) is 18.5 Å². The zero-order chi connectivity index (χ0) is 16.2. The van der Waals surface area contributed by atoms with Crippen molar-refractivity contribution < 1.29 is 9.59 Å². The van der Waals surface area contributed by atoms with Gasteiger partial charge in [-0.15, -0.1) is 0 Å². The zero-order valence-corrected chi connectivity index (χ0v) is 14.0. The number of likely N-dealkylation sites (N-methyl/N-ethyl adjacent to an activating group) is 1. The Balaban J connectivity index is 1.47. The number of urea groups is 1. The summed E-state index contributed by atoms with van der Waals surface area (Å²) in [6, 6.07) is 0.400. The van der Waals surface area contributed by atoms with Crippen LogP contribution in [0, 0.1) is 11.8 Å². The second-order valence-electron chi connectivity index (χ2n) is 7.69. The highest BCUT2D eigenvalue weighted by Crippen LogP contribution is 2.50. The van der Waals surface area contributed by atoms with Crippen molar-refractivity contribution in [2.24, 2.45) is 16.8 Å². The maximum absolute atomic E-state index is 12.7. The molecule has 126 valence electrons. The van der Waals surface area contributed by atoms with E-state index in [1.165, 1.54) is 12.8 Å². The Morgan fingerprint density at radius 3 is 2.65 bits per heavy atom. The van der Waals surface area contributed by atoms with Crippen molar-refractivity contribution in [1.29, 1.82) is 0 Å². The molecule has 1 saturated heterocycles. The summed E-state index contributed by atoms with van der Waals surface area (Å²) in [5.41, 5.74) is -0.591. The summed E-state index contributed by atoms with van der Waals surface area (Å²) in [7, 11) is 1.81. The minimum Gasteiger partial charge on any atom is -0.335 e. The Labute approximate surface area is 137 Å². The van der Waals surface area contributed by atoms with Gasteiger partial charge in [0, 0.05) is 32.1 Å². The van der Waals surface area contributed by atoms with E-state index in [1.54, 1.807) is 4.90 Å². The third-order valence-electron chi connectivity index (χ3n) is 6.44. The molecule has 3 atom stereocenters. The molecule has 6 heteroatoms. The Morgan fingerprint density at radius 1 is 1.26 bits per heavy atom. The summed E-state index contributed by atoms with van der Waals surface area (Å²) in [5.74, 6) is 1.53. The fourth-order valence-corrected chi connectivity index (χ4v) is 5.05. The van der Waals surface area contributed by atoms with Gasteiger partial charge in [-0.25, -0.2) is 4.79 Å². The van der Waals surface area contributed by atoms with Crippen molar-refractivity contribution in [3.05, 3.63) is 0 Å². The number of aliphatic imine (C=N–C) groups is 1. The van der Waals surface area contributed by atoms with Gasteiger partial charge in [-0.05, 0) is 38.5 Å². The molecule has 1 N–H and O–H groups in total. The summed E-state index contributed by atoms with van der Waals surface area (Å²) in [6.07, 6.45) is 6.46. The normalized spacial score (nSPS) is 37.0. The molecule has 23 heavy (non-hydrogen) atoms. The molecule has 3 amide bonds. The van der Waals surface area contributed by atoms with E-state index in [4.69, 9.17) is 4.99 Å². The van der Waals surface area contributed by atoms with Crippen LogP contribution in [0.4, 0.5) is 4.79 Å². The number of nitrogens with zero attached hydrogens (tertiary/aromatic N) is 3. The van der Waals surface area contributed by atoms with Gasteiger partial charge in [0.05, 0.1) is 0 Å². The molecule has 0 aromatic rings. The maximum Gasteiger partial charge on any atom is 0.317 e. The fourth-order valence-electron chi connectivity index (χ4n) is 5.05. The van der Waals surface area contributed by atoms with Gasteiger partial charge >= 0.3 is 6.03 Å². The van der Waals surface area contributed by atoms with Crippen LogP contribution in [0.1, 0.15) is 45.4 Å². The van der Waals surface area contributed by atoms with Crippen LogP contribution >= 0.6 is 0 Å². The highest BCUT2D eigenvalue weighted by Gasteiger charge is 2.60. The van der Waals surface area contributed by atoms with Crippen LogP contribution in [0.2, 0.25) is 0 Å². The van der Waals surface area contributed by atoms with Crippen molar-refractivity contribution in [1.82, 2.24) is 15.1 Å². The number of fused-ring (bicyclic) bond motifs is 2. The van der Waals surface area contributed by atoms with Crippen LogP contribution in [-0.4, -0.2) is 59.3 Å². The lowest BCUT2D eigenvalue weighted by Gasteiger charge is -2.27. The van der Waals surface area contributed by atoms with E-state index in [2.05, 4.69) is 5.32 Å². The van der Waals surface area contributed by atoms with E-state index in [-0.39, 0.29) is 17.9 Å². The van der Waals surface area contributed by atoms with E-state index in [0.717, 1.165) is 38.1 Å². The Bertz CT molecular complexity index is 569. The van der Waals surface area contributed by atoms with Crippen molar-refractivity contribution in [3.63, 3.8) is 0 Å². The van der Waals surface area contributed by atoms with Gasteiger partial charge in [-0.1, -0.05) is 12.8 Å². The van der Waals surface area contributed by atoms with Gasteiger partial charge < -0.3 is 15.1 Å². The van der Waals surface area contributed by atoms with Crippen LogP contribution in [0.3, 0.4) is 0 Å². The third kappa shape index (κ3) is 2.17. The fraction of sp³-hybridized carbons (Fsp3) is 0.824. The SMILES string of the molecule is CC1=N[C@@]2(CC[C@@H]3CN(C(=O)NC4CCCC4)C[C@@H]32)C(=O)N1C. The monoisotopic (exact) mass is 318 g/mol. The topological polar surface area (TPSA) is 65.0 Å². The highest BCUT2D eigenvalue weighted by atomic mass is 16.2. The molecule has 2 aliphatic carbocycles. The van der Waals surface area contributed by atoms with Crippen LogP contribution in [0.5, 0.6) is 0 Å². The Kier molecular flexibility index (Phi) is 3.39. The van der Waals surface area contributed by atoms with E-state index >= 15 is 0 Å². The molecule has 2 aliphatic heterocycles. The van der Waals surface area contributed by atoms with Crippen LogP contribution in [0.15, 0.2) is 4.99 Å². The van der Waals surface area contributed by atoms with Gasteiger partial charge in [0.2, 0.25) is 0 Å². The lowest BCUT2D eigenvalue weighted by atomic mass is 9.85. The number of amidine groups is 1. The van der Waals surface area contributed by atoms with E-state index < -0.39 is 5.54 Å². The molecule has 4 rings (SSSR count). The number of amides is 3. The van der Waals surface area contributed by atoms with E-state index in [9.17, 15) is 9.59 Å². The number of hydrogen-bond donors (Lipinski definition) is 1. The largest absolute Gasteiger partial charge is 0.335 e. The van der Waals surface area contributed by atoms with Gasteiger partial charge in [0.1, 0.15) is 11.4 Å². The minimum absolute atomic E-state index is 0.0564. The van der Waals surface area contributed by atoms with Crippen LogP contribution in [-0.2, 0) is 4.79 Å². The van der Waals surface area contributed by atoms with Crippen molar-refractivity contribution in [3.8, 4) is 0 Å². The number of carbonyl (C=O) groups is 2. The molecular weight excluding hydrogens is 292 g/mol. The summed E-state index contributed by atoms with van der Waals surface area (Å²) in [5, 5.41) is 3.17. The third-order valence-corrected chi connectivity index (χ3v) is 6.44. The van der Waals surface area contributed by atoms with Crippen molar-refractivity contribution in [2.75, 3.05) is 20.1 Å². The molecule has 3 fully saturated rings. The number of rotatable bonds is 1. The molecule has 1 spiro atoms. The van der Waals surface area contributed by atoms with Gasteiger partial charge in [0.15, 0.2) is 0 Å². The smallest absolute Gasteiger partial charge is 0.317 e. The lowest BCUT2D eigenvalue weighted by Crippen LogP contribution is -2.47. The number of nitrogens with one attached hydrogen (secondary N) is 1. The quantitative estimate of drug-likeness (QED) is 0.798. The zero-order valence-electron chi connectivity index (χ0n) is 14.0. The standard InChI is InChI=1S/C17H26N4O2/c1-11-19-17(15(22)20(11)2)8-7-12-9-21(10-14(12)17)16(23)18-13-5-3-4-6-13/h12-14H,3-10H2,1-2H3,(H,18,23)/t12-,14+,17-/m1/s1. The van der Waals surface area contributed by atoms with Crippen LogP contribution < -0.4 is 5.32 Å². The first-order valence-corrected chi connectivity index (χ1v) is 8.91. The Morgan fingerprint density at radius 2 is 2.00 bits per heavy atom. The summed E-state index contributed by atoms with van der Waals surface area (Å²) in [4.78, 5) is 33.6. The molecule has 6 nitrogen and oxygen atoms in total. The molecule has 2 heterocycles. The first-order chi connectivity index (χ1) is 11.0. The van der Waals surface area contributed by atoms with Gasteiger partial charge in [-0.2, -0.15) is 0 Å².